The van der Waals surface area contributed by atoms with E-state index in [4.69, 9.17) is 15.5 Å². The van der Waals surface area contributed by atoms with Gasteiger partial charge in [0, 0.05) is 30.5 Å². The Morgan fingerprint density at radius 3 is 3.08 bits per heavy atom. The summed E-state index contributed by atoms with van der Waals surface area (Å²) >= 11 is 0. The molecule has 0 radical (unpaired) electrons. The molecule has 3 rings (SSSR count). The normalized spacial score (nSPS) is 20.7. The van der Waals surface area contributed by atoms with Gasteiger partial charge < -0.3 is 15.4 Å². The zero-order valence-electron chi connectivity index (χ0n) is 15.0. The fraction of sp³-hybridized carbons (Fsp3) is 0.632. The number of pyridine rings is 1. The number of nitrogens with two attached hydrogens (primary N) is 1. The number of nitriles is 1. The van der Waals surface area contributed by atoms with Gasteiger partial charge in [-0.25, -0.2) is 4.98 Å². The van der Waals surface area contributed by atoms with Gasteiger partial charge in [-0.15, -0.1) is 0 Å². The summed E-state index contributed by atoms with van der Waals surface area (Å²) in [7, 11) is 0. The third-order valence-corrected chi connectivity index (χ3v) is 5.32. The summed E-state index contributed by atoms with van der Waals surface area (Å²) in [6.45, 7) is 6.74. The van der Waals surface area contributed by atoms with Gasteiger partial charge in [0.25, 0.3) is 0 Å². The minimum absolute atomic E-state index is 0.255. The van der Waals surface area contributed by atoms with E-state index < -0.39 is 5.41 Å². The Labute approximate surface area is 149 Å². The van der Waals surface area contributed by atoms with Gasteiger partial charge in [-0.2, -0.15) is 5.26 Å². The zero-order valence-corrected chi connectivity index (χ0v) is 15.0. The molecule has 1 fully saturated rings. The fourth-order valence-electron chi connectivity index (χ4n) is 3.84. The monoisotopic (exact) mass is 342 g/mol. The highest BCUT2D eigenvalue weighted by Crippen LogP contribution is 2.33. The third-order valence-electron chi connectivity index (χ3n) is 5.32. The maximum Gasteiger partial charge on any atom is 0.223 e. The van der Waals surface area contributed by atoms with Crippen LogP contribution in [0.4, 0.5) is 5.82 Å². The van der Waals surface area contributed by atoms with Gasteiger partial charge in [-0.3, -0.25) is 4.79 Å². The predicted molar refractivity (Wildman–Crippen MR) is 94.8 cm³/mol. The van der Waals surface area contributed by atoms with E-state index in [1.807, 2.05) is 19.9 Å². The first-order valence-corrected chi connectivity index (χ1v) is 8.96. The lowest BCUT2D eigenvalue weighted by Crippen LogP contribution is -2.41. The molecule has 1 saturated heterocycles. The number of rotatable bonds is 4. The number of carbonyl (C=O) groups excluding carboxylic acids is 1. The number of carbonyl (C=O) groups is 1. The number of nitrogens with zero attached hydrogens (tertiary/aromatic N) is 3. The number of ether oxygens (including phenoxy) is 1. The molecule has 25 heavy (non-hydrogen) atoms. The number of aromatic nitrogens is 1. The summed E-state index contributed by atoms with van der Waals surface area (Å²) < 4.78 is 5.47. The summed E-state index contributed by atoms with van der Waals surface area (Å²) in [4.78, 5) is 18.7. The fourth-order valence-corrected chi connectivity index (χ4v) is 3.84. The molecule has 6 nitrogen and oxygen atoms in total. The number of primary amides is 1. The SMILES string of the molecule is CC(C)(CC1CCCN(c2nc3c(cc2C#N)COCC3)C1)C(N)=O. The van der Waals surface area contributed by atoms with E-state index >= 15 is 0 Å². The first-order valence-electron chi connectivity index (χ1n) is 8.96. The molecule has 2 aliphatic heterocycles. The molecule has 0 aliphatic carbocycles. The van der Waals surface area contributed by atoms with E-state index in [2.05, 4.69) is 11.0 Å². The molecule has 2 aliphatic rings. The Morgan fingerprint density at radius 2 is 2.36 bits per heavy atom. The Kier molecular flexibility index (Phi) is 4.96. The average molecular weight is 342 g/mol. The van der Waals surface area contributed by atoms with E-state index in [0.717, 1.165) is 55.8 Å². The second kappa shape index (κ2) is 7.01. The van der Waals surface area contributed by atoms with Crippen molar-refractivity contribution < 1.29 is 9.53 Å². The van der Waals surface area contributed by atoms with Crippen LogP contribution in [0.5, 0.6) is 0 Å². The maximum absolute atomic E-state index is 11.6. The summed E-state index contributed by atoms with van der Waals surface area (Å²) in [5.74, 6) is 0.905. The van der Waals surface area contributed by atoms with Crippen molar-refractivity contribution in [2.45, 2.75) is 46.1 Å². The molecule has 6 heteroatoms. The molecule has 0 aromatic carbocycles. The van der Waals surface area contributed by atoms with Crippen LogP contribution in [-0.2, 0) is 22.6 Å². The number of piperidine rings is 1. The van der Waals surface area contributed by atoms with Crippen LogP contribution in [0.25, 0.3) is 0 Å². The first-order chi connectivity index (χ1) is 11.9. The highest BCUT2D eigenvalue weighted by Gasteiger charge is 2.32. The molecular weight excluding hydrogens is 316 g/mol. The van der Waals surface area contributed by atoms with E-state index in [1.54, 1.807) is 0 Å². The topological polar surface area (TPSA) is 92.2 Å². The number of anilines is 1. The van der Waals surface area contributed by atoms with Crippen LogP contribution >= 0.6 is 0 Å². The van der Waals surface area contributed by atoms with Crippen molar-refractivity contribution in [1.29, 1.82) is 5.26 Å². The van der Waals surface area contributed by atoms with Crippen LogP contribution in [0.2, 0.25) is 0 Å². The quantitative estimate of drug-likeness (QED) is 0.905. The first kappa shape index (κ1) is 17.7. The number of hydrogen-bond acceptors (Lipinski definition) is 5. The average Bonchev–Trinajstić information content (AvgIpc) is 2.60. The van der Waals surface area contributed by atoms with Crippen LogP contribution in [0.1, 0.15) is 49.9 Å². The number of amides is 1. The Morgan fingerprint density at radius 1 is 1.56 bits per heavy atom. The molecule has 0 spiro atoms. The molecule has 1 aromatic rings. The summed E-state index contributed by atoms with van der Waals surface area (Å²) in [6.07, 6.45) is 3.67. The molecule has 1 amide bonds. The maximum atomic E-state index is 11.6. The van der Waals surface area contributed by atoms with Crippen molar-refractivity contribution in [3.8, 4) is 6.07 Å². The molecule has 0 bridgehead atoms. The van der Waals surface area contributed by atoms with Crippen LogP contribution in [0, 0.1) is 22.7 Å². The second-order valence-electron chi connectivity index (χ2n) is 7.79. The van der Waals surface area contributed by atoms with E-state index in [0.29, 0.717) is 24.7 Å². The second-order valence-corrected chi connectivity index (χ2v) is 7.79. The lowest BCUT2D eigenvalue weighted by atomic mass is 9.79. The van der Waals surface area contributed by atoms with Crippen molar-refractivity contribution in [1.82, 2.24) is 4.98 Å². The Bertz CT molecular complexity index is 708. The van der Waals surface area contributed by atoms with Crippen molar-refractivity contribution >= 4 is 11.7 Å². The lowest BCUT2D eigenvalue weighted by Gasteiger charge is -2.37. The Balaban J connectivity index is 1.82. The van der Waals surface area contributed by atoms with Gasteiger partial charge >= 0.3 is 0 Å². The van der Waals surface area contributed by atoms with Crippen molar-refractivity contribution in [3.63, 3.8) is 0 Å². The molecule has 2 N–H and O–H groups in total. The van der Waals surface area contributed by atoms with Crippen LogP contribution in [0.3, 0.4) is 0 Å². The minimum atomic E-state index is -0.508. The Hall–Kier alpha value is -2.13. The summed E-state index contributed by atoms with van der Waals surface area (Å²) in [6, 6.07) is 4.21. The highest BCUT2D eigenvalue weighted by atomic mass is 16.5. The van der Waals surface area contributed by atoms with E-state index in [9.17, 15) is 10.1 Å². The van der Waals surface area contributed by atoms with Gasteiger partial charge in [0.2, 0.25) is 5.91 Å². The minimum Gasteiger partial charge on any atom is -0.376 e. The predicted octanol–water partition coefficient (Wildman–Crippen LogP) is 2.14. The molecule has 1 unspecified atom stereocenters. The molecule has 1 atom stereocenters. The van der Waals surface area contributed by atoms with Gasteiger partial charge in [0.15, 0.2) is 0 Å². The summed E-state index contributed by atoms with van der Waals surface area (Å²) in [5.41, 5.74) is 7.70. The van der Waals surface area contributed by atoms with Gasteiger partial charge in [-0.05, 0) is 31.2 Å². The van der Waals surface area contributed by atoms with Crippen LogP contribution < -0.4 is 10.6 Å². The highest BCUT2D eigenvalue weighted by molar-refractivity contribution is 5.79. The largest absolute Gasteiger partial charge is 0.376 e. The molecule has 1 aromatic heterocycles. The third kappa shape index (κ3) is 3.77. The smallest absolute Gasteiger partial charge is 0.223 e. The molecular formula is C19H26N4O2. The van der Waals surface area contributed by atoms with Gasteiger partial charge in [0.1, 0.15) is 11.9 Å². The van der Waals surface area contributed by atoms with Crippen molar-refractivity contribution in [2.24, 2.45) is 17.1 Å². The van der Waals surface area contributed by atoms with Crippen molar-refractivity contribution in [3.05, 3.63) is 22.9 Å². The van der Waals surface area contributed by atoms with E-state index in [-0.39, 0.29) is 5.91 Å². The standard InChI is InChI=1S/C19H26N4O2/c1-19(2,18(21)24)9-13-4-3-6-23(11-13)17-14(10-20)8-15-12-25-7-5-16(15)22-17/h8,13H,3-7,9,11-12H2,1-2H3,(H2,21,24). The van der Waals surface area contributed by atoms with Gasteiger partial charge in [0.05, 0.1) is 24.5 Å². The number of fused-ring (bicyclic) bond motifs is 1. The van der Waals surface area contributed by atoms with Crippen molar-refractivity contribution in [2.75, 3.05) is 24.6 Å². The van der Waals surface area contributed by atoms with E-state index in [1.165, 1.54) is 0 Å². The van der Waals surface area contributed by atoms with Crippen LogP contribution in [0.15, 0.2) is 6.07 Å². The van der Waals surface area contributed by atoms with Gasteiger partial charge in [-0.1, -0.05) is 13.8 Å². The number of hydrogen-bond donors (Lipinski definition) is 1. The molecule has 0 saturated carbocycles. The zero-order chi connectivity index (χ0) is 18.0. The molecule has 3 heterocycles. The van der Waals surface area contributed by atoms with Crippen LogP contribution in [-0.4, -0.2) is 30.6 Å². The molecule has 134 valence electrons. The lowest BCUT2D eigenvalue weighted by molar-refractivity contribution is -0.126. The summed E-state index contributed by atoms with van der Waals surface area (Å²) in [5, 5.41) is 9.56.